The Morgan fingerprint density at radius 3 is 2.41 bits per heavy atom. The Morgan fingerprint density at radius 1 is 1.35 bits per heavy atom. The summed E-state index contributed by atoms with van der Waals surface area (Å²) in [5.41, 5.74) is 3.06. The van der Waals surface area contributed by atoms with Crippen molar-refractivity contribution in [2.75, 3.05) is 0 Å². The maximum Gasteiger partial charge on any atom is 0.416 e. The van der Waals surface area contributed by atoms with Crippen molar-refractivity contribution in [2.24, 2.45) is 5.73 Å². The summed E-state index contributed by atoms with van der Waals surface area (Å²) in [7, 11) is 0. The van der Waals surface area contributed by atoms with Gasteiger partial charge < -0.3 is 5.73 Å². The van der Waals surface area contributed by atoms with Gasteiger partial charge in [-0.1, -0.05) is 10.5 Å². The number of guanidine groups is 1. The summed E-state index contributed by atoms with van der Waals surface area (Å²) in [6, 6.07) is 3.18. The number of nitrogens with two attached hydrogens (primary N) is 1. The molecule has 0 saturated carbocycles. The van der Waals surface area contributed by atoms with E-state index in [1.807, 2.05) is 0 Å². The molecule has 0 unspecified atom stereocenters. The molecule has 0 heterocycles. The zero-order valence-electron chi connectivity index (χ0n) is 8.25. The van der Waals surface area contributed by atoms with Crippen LogP contribution in [0.5, 0.6) is 0 Å². The van der Waals surface area contributed by atoms with E-state index in [-0.39, 0.29) is 0 Å². The number of hydrogen-bond acceptors (Lipinski definition) is 2. The molecule has 1 amide bonds. The molecule has 8 heteroatoms. The van der Waals surface area contributed by atoms with Crippen molar-refractivity contribution >= 4 is 11.9 Å². The summed E-state index contributed by atoms with van der Waals surface area (Å²) in [5.74, 6) is -2.63. The first-order valence-corrected chi connectivity index (χ1v) is 4.25. The van der Waals surface area contributed by atoms with Gasteiger partial charge in [0.25, 0.3) is 5.91 Å². The number of carbonyl (C=O) groups excluding carboxylic acids is 1. The summed E-state index contributed by atoms with van der Waals surface area (Å²) in [5, 5.41) is 5.90. The Kier molecular flexibility index (Phi) is 3.35. The quantitative estimate of drug-likeness (QED) is 0.345. The van der Waals surface area contributed by atoms with Crippen molar-refractivity contribution in [3.8, 4) is 0 Å². The molecule has 1 aromatic rings. The average Bonchev–Trinajstić information content (AvgIpc) is 2.26. The van der Waals surface area contributed by atoms with Crippen molar-refractivity contribution in [3.05, 3.63) is 35.4 Å². The molecule has 92 valence electrons. The lowest BCUT2D eigenvalue weighted by Crippen LogP contribution is -2.34. The van der Waals surface area contributed by atoms with Crippen molar-refractivity contribution in [2.45, 2.75) is 6.18 Å². The monoisotopic (exact) mass is 249 g/mol. The van der Waals surface area contributed by atoms with Crippen molar-refractivity contribution in [3.63, 3.8) is 0 Å². The van der Waals surface area contributed by atoms with E-state index in [1.165, 1.54) is 0 Å². The van der Waals surface area contributed by atoms with Gasteiger partial charge in [0.05, 0.1) is 5.56 Å². The normalized spacial score (nSPS) is 11.1. The third kappa shape index (κ3) is 2.92. The predicted octanol–water partition coefficient (Wildman–Crippen LogP) is 1.93. The molecular formula is C9H7F4N3O. The molecule has 0 radical (unpaired) electrons. The fourth-order valence-electron chi connectivity index (χ4n) is 1.05. The van der Waals surface area contributed by atoms with Gasteiger partial charge >= 0.3 is 6.18 Å². The van der Waals surface area contributed by atoms with Crippen LogP contribution in [0, 0.1) is 5.41 Å². The lowest BCUT2D eigenvalue weighted by atomic mass is 10.1. The second kappa shape index (κ2) is 4.40. The lowest BCUT2D eigenvalue weighted by molar-refractivity contribution is -0.137. The van der Waals surface area contributed by atoms with Crippen LogP contribution in [-0.4, -0.2) is 17.0 Å². The molecule has 0 spiro atoms. The number of nitrogens with one attached hydrogen (secondary N) is 1. The minimum absolute atomic E-state index is 0.484. The van der Waals surface area contributed by atoms with Crippen molar-refractivity contribution in [1.82, 2.24) is 5.12 Å². The molecule has 3 N–H and O–H groups in total. The summed E-state index contributed by atoms with van der Waals surface area (Å²) < 4.78 is 49.8. The van der Waals surface area contributed by atoms with Gasteiger partial charge in [-0.15, -0.1) is 5.12 Å². The molecule has 1 aromatic carbocycles. The topological polar surface area (TPSA) is 70.2 Å². The molecule has 4 nitrogen and oxygen atoms in total. The van der Waals surface area contributed by atoms with E-state index in [9.17, 15) is 22.4 Å². The van der Waals surface area contributed by atoms with E-state index in [0.29, 0.717) is 6.07 Å². The van der Waals surface area contributed by atoms with Gasteiger partial charge in [-0.05, 0) is 18.2 Å². The van der Waals surface area contributed by atoms with Crippen LogP contribution in [0.4, 0.5) is 17.7 Å². The van der Waals surface area contributed by atoms with Crippen LogP contribution in [0.3, 0.4) is 0 Å². The third-order valence-electron chi connectivity index (χ3n) is 1.83. The minimum atomic E-state index is -4.63. The number of alkyl halides is 3. The van der Waals surface area contributed by atoms with Crippen LogP contribution < -0.4 is 5.73 Å². The molecule has 0 aromatic heterocycles. The highest BCUT2D eigenvalue weighted by Gasteiger charge is 2.31. The van der Waals surface area contributed by atoms with Crippen molar-refractivity contribution < 1.29 is 22.4 Å². The Bertz CT molecular complexity index is 458. The van der Waals surface area contributed by atoms with E-state index in [4.69, 9.17) is 5.41 Å². The standard InChI is InChI=1S/C9H7F4N3O/c10-9(11,12)6-3-1-2-5(4-6)7(17)16(13)8(14)15/h1-4H,(H3,14,15). The summed E-state index contributed by atoms with van der Waals surface area (Å²) >= 11 is 0. The Labute approximate surface area is 93.1 Å². The van der Waals surface area contributed by atoms with E-state index in [2.05, 4.69) is 5.73 Å². The Hall–Kier alpha value is -2.12. The maximum absolute atomic E-state index is 12.9. The molecule has 0 aliphatic heterocycles. The van der Waals surface area contributed by atoms with E-state index < -0.39 is 34.3 Å². The van der Waals surface area contributed by atoms with Crippen LogP contribution in [-0.2, 0) is 6.18 Å². The number of rotatable bonds is 1. The molecule has 0 fully saturated rings. The molecule has 0 atom stereocenters. The minimum Gasteiger partial charge on any atom is -0.368 e. The maximum atomic E-state index is 12.9. The average molecular weight is 249 g/mol. The zero-order valence-corrected chi connectivity index (χ0v) is 8.25. The number of hydrogen-bond donors (Lipinski definition) is 2. The first kappa shape index (κ1) is 12.9. The first-order chi connectivity index (χ1) is 7.73. The highest BCUT2D eigenvalue weighted by molar-refractivity contribution is 6.03. The summed E-state index contributed by atoms with van der Waals surface area (Å²) in [6.45, 7) is 0. The largest absolute Gasteiger partial charge is 0.416 e. The molecular weight excluding hydrogens is 242 g/mol. The fraction of sp³-hybridized carbons (Fsp3) is 0.111. The smallest absolute Gasteiger partial charge is 0.368 e. The van der Waals surface area contributed by atoms with Crippen molar-refractivity contribution in [1.29, 1.82) is 5.41 Å². The van der Waals surface area contributed by atoms with Gasteiger partial charge in [-0.2, -0.15) is 13.2 Å². The Balaban J connectivity index is 3.08. The number of nitrogens with zero attached hydrogens (tertiary/aromatic N) is 1. The number of benzene rings is 1. The molecule has 0 aliphatic rings. The molecule has 0 saturated heterocycles. The second-order valence-corrected chi connectivity index (χ2v) is 3.05. The van der Waals surface area contributed by atoms with Crippen LogP contribution in [0.15, 0.2) is 24.3 Å². The zero-order chi connectivity index (χ0) is 13.2. The second-order valence-electron chi connectivity index (χ2n) is 3.05. The van der Waals surface area contributed by atoms with Crippen LogP contribution in [0.2, 0.25) is 0 Å². The number of carbonyl (C=O) groups is 1. The number of amides is 1. The third-order valence-corrected chi connectivity index (χ3v) is 1.83. The van der Waals surface area contributed by atoms with E-state index >= 15 is 0 Å². The molecule has 17 heavy (non-hydrogen) atoms. The fourth-order valence-corrected chi connectivity index (χ4v) is 1.05. The highest BCUT2D eigenvalue weighted by Crippen LogP contribution is 2.29. The predicted molar refractivity (Wildman–Crippen MR) is 50.6 cm³/mol. The molecule has 0 bridgehead atoms. The van der Waals surface area contributed by atoms with E-state index in [1.54, 1.807) is 0 Å². The number of halogens is 4. The van der Waals surface area contributed by atoms with Gasteiger partial charge in [0.1, 0.15) is 0 Å². The SMILES string of the molecule is N=C(N)N(F)C(=O)c1cccc(C(F)(F)F)c1. The van der Waals surface area contributed by atoms with Gasteiger partial charge in [-0.3, -0.25) is 10.2 Å². The summed E-state index contributed by atoms with van der Waals surface area (Å²) in [6.07, 6.45) is -4.63. The molecule has 1 rings (SSSR count). The van der Waals surface area contributed by atoms with Crippen LogP contribution in [0.1, 0.15) is 15.9 Å². The molecule has 0 aliphatic carbocycles. The van der Waals surface area contributed by atoms with E-state index in [0.717, 1.165) is 18.2 Å². The van der Waals surface area contributed by atoms with Crippen LogP contribution in [0.25, 0.3) is 0 Å². The Morgan fingerprint density at radius 2 is 1.94 bits per heavy atom. The highest BCUT2D eigenvalue weighted by atomic mass is 19.4. The van der Waals surface area contributed by atoms with Crippen LogP contribution >= 0.6 is 0 Å². The first-order valence-electron chi connectivity index (χ1n) is 4.25. The summed E-state index contributed by atoms with van der Waals surface area (Å²) in [4.78, 5) is 11.2. The van der Waals surface area contributed by atoms with Gasteiger partial charge in [0.2, 0.25) is 5.96 Å². The van der Waals surface area contributed by atoms with Gasteiger partial charge in [-0.25, -0.2) is 0 Å². The van der Waals surface area contributed by atoms with Gasteiger partial charge in [0.15, 0.2) is 0 Å². The lowest BCUT2D eigenvalue weighted by Gasteiger charge is -2.11. The van der Waals surface area contributed by atoms with Gasteiger partial charge in [0, 0.05) is 5.56 Å².